The lowest BCUT2D eigenvalue weighted by Crippen LogP contribution is -2.33. The number of likely N-dealkylation sites (tertiary alicyclic amines) is 1. The van der Waals surface area contributed by atoms with E-state index < -0.39 is 0 Å². The summed E-state index contributed by atoms with van der Waals surface area (Å²) in [5.74, 6) is 0.713. The number of hydrogen-bond acceptors (Lipinski definition) is 2. The molecule has 1 fully saturated rings. The summed E-state index contributed by atoms with van der Waals surface area (Å²) in [5, 5.41) is 1.29. The standard InChI is InChI=1S/C32H37N3O/c1-23(2)32(36)33(4)29-9-6-8-27(21-29)26-13-16-34(17-14-26)22-25-11-12-31-28(20-25)15-18-35(31)30-10-5-7-24(3)19-30/h5-12,15,18-21,23,26H,13-14,16-17,22H2,1-4H3. The van der Waals surface area contributed by atoms with Crippen LogP contribution in [0.5, 0.6) is 0 Å². The highest BCUT2D eigenvalue weighted by Gasteiger charge is 2.22. The molecule has 0 saturated carbocycles. The molecule has 2 heterocycles. The highest BCUT2D eigenvalue weighted by molar-refractivity contribution is 5.94. The van der Waals surface area contributed by atoms with Crippen molar-refractivity contribution >= 4 is 22.5 Å². The molecule has 0 bridgehead atoms. The predicted molar refractivity (Wildman–Crippen MR) is 150 cm³/mol. The number of piperidine rings is 1. The molecule has 1 amide bonds. The van der Waals surface area contributed by atoms with E-state index in [1.807, 2.05) is 27.0 Å². The zero-order valence-corrected chi connectivity index (χ0v) is 21.9. The van der Waals surface area contributed by atoms with Gasteiger partial charge in [-0.25, -0.2) is 0 Å². The topological polar surface area (TPSA) is 28.5 Å². The smallest absolute Gasteiger partial charge is 0.229 e. The quantitative estimate of drug-likeness (QED) is 0.300. The van der Waals surface area contributed by atoms with Gasteiger partial charge in [0.15, 0.2) is 0 Å². The second-order valence-corrected chi connectivity index (χ2v) is 10.6. The second kappa shape index (κ2) is 10.3. The SMILES string of the molecule is Cc1cccc(-n2ccc3cc(CN4CCC(c5cccc(N(C)C(=O)C(C)C)c5)CC4)ccc32)c1. The molecular weight excluding hydrogens is 442 g/mol. The minimum atomic E-state index is 0.00205. The van der Waals surface area contributed by atoms with Gasteiger partial charge in [0.1, 0.15) is 0 Å². The largest absolute Gasteiger partial charge is 0.317 e. The molecule has 4 nitrogen and oxygen atoms in total. The summed E-state index contributed by atoms with van der Waals surface area (Å²) in [6, 6.07) is 26.4. The van der Waals surface area contributed by atoms with Crippen LogP contribution in [0.15, 0.2) is 79.0 Å². The van der Waals surface area contributed by atoms with Crippen molar-refractivity contribution in [3.05, 3.63) is 95.7 Å². The van der Waals surface area contributed by atoms with Crippen molar-refractivity contribution < 1.29 is 4.79 Å². The number of hydrogen-bond donors (Lipinski definition) is 0. The number of amides is 1. The second-order valence-electron chi connectivity index (χ2n) is 10.6. The molecule has 1 aliphatic heterocycles. The Labute approximate surface area is 215 Å². The molecular formula is C32H37N3O. The summed E-state index contributed by atoms with van der Waals surface area (Å²) in [6.45, 7) is 9.23. The van der Waals surface area contributed by atoms with Gasteiger partial charge in [0.05, 0.1) is 5.52 Å². The van der Waals surface area contributed by atoms with Crippen LogP contribution in [-0.4, -0.2) is 35.5 Å². The Morgan fingerprint density at radius 1 is 0.972 bits per heavy atom. The number of carbonyl (C=O) groups excluding carboxylic acids is 1. The molecule has 1 aromatic heterocycles. The Bertz CT molecular complexity index is 1360. The van der Waals surface area contributed by atoms with Crippen LogP contribution in [0.25, 0.3) is 16.6 Å². The molecule has 0 radical (unpaired) electrons. The average molecular weight is 480 g/mol. The van der Waals surface area contributed by atoms with E-state index in [-0.39, 0.29) is 11.8 Å². The van der Waals surface area contributed by atoms with Gasteiger partial charge in [-0.1, -0.05) is 44.2 Å². The first-order valence-electron chi connectivity index (χ1n) is 13.2. The average Bonchev–Trinajstić information content (AvgIpc) is 3.31. The van der Waals surface area contributed by atoms with Crippen molar-refractivity contribution in [1.29, 1.82) is 0 Å². The molecule has 4 aromatic rings. The molecule has 1 saturated heterocycles. The summed E-state index contributed by atoms with van der Waals surface area (Å²) in [4.78, 5) is 16.8. The molecule has 0 N–H and O–H groups in total. The third-order valence-corrected chi connectivity index (χ3v) is 7.58. The van der Waals surface area contributed by atoms with Gasteiger partial charge >= 0.3 is 0 Å². The van der Waals surface area contributed by atoms with Crippen LogP contribution in [-0.2, 0) is 11.3 Å². The van der Waals surface area contributed by atoms with Gasteiger partial charge < -0.3 is 9.47 Å². The fourth-order valence-electron chi connectivity index (χ4n) is 5.48. The zero-order valence-electron chi connectivity index (χ0n) is 21.9. The molecule has 186 valence electrons. The van der Waals surface area contributed by atoms with E-state index in [0.29, 0.717) is 5.92 Å². The van der Waals surface area contributed by atoms with Gasteiger partial charge in [-0.3, -0.25) is 9.69 Å². The Kier molecular flexibility index (Phi) is 6.97. The summed E-state index contributed by atoms with van der Waals surface area (Å²) >= 11 is 0. The number of carbonyl (C=O) groups is 1. The molecule has 36 heavy (non-hydrogen) atoms. The lowest BCUT2D eigenvalue weighted by Gasteiger charge is -2.32. The van der Waals surface area contributed by atoms with Gasteiger partial charge in [-0.2, -0.15) is 0 Å². The summed E-state index contributed by atoms with van der Waals surface area (Å²) in [7, 11) is 1.88. The number of anilines is 1. The van der Waals surface area contributed by atoms with E-state index in [1.54, 1.807) is 4.90 Å². The number of aromatic nitrogens is 1. The van der Waals surface area contributed by atoms with Gasteiger partial charge in [0.2, 0.25) is 5.91 Å². The molecule has 0 atom stereocenters. The van der Waals surface area contributed by atoms with E-state index in [0.717, 1.165) is 38.2 Å². The van der Waals surface area contributed by atoms with Crippen molar-refractivity contribution in [3.63, 3.8) is 0 Å². The number of rotatable bonds is 6. The van der Waals surface area contributed by atoms with Crippen LogP contribution < -0.4 is 4.90 Å². The maximum absolute atomic E-state index is 12.4. The zero-order chi connectivity index (χ0) is 25.2. The monoisotopic (exact) mass is 479 g/mol. The van der Waals surface area contributed by atoms with Gasteiger partial charge in [0, 0.05) is 42.5 Å². The number of aryl methyl sites for hydroxylation is 1. The third-order valence-electron chi connectivity index (χ3n) is 7.58. The predicted octanol–water partition coefficient (Wildman–Crippen LogP) is 6.94. The molecule has 5 rings (SSSR count). The van der Waals surface area contributed by atoms with Crippen LogP contribution in [0.2, 0.25) is 0 Å². The van der Waals surface area contributed by atoms with Crippen LogP contribution in [0, 0.1) is 12.8 Å². The minimum Gasteiger partial charge on any atom is -0.317 e. The van der Waals surface area contributed by atoms with Gasteiger partial charge in [0.25, 0.3) is 0 Å². The fraction of sp³-hybridized carbons (Fsp3) is 0.344. The van der Waals surface area contributed by atoms with Crippen LogP contribution in [0.4, 0.5) is 5.69 Å². The minimum absolute atomic E-state index is 0.00205. The first-order valence-corrected chi connectivity index (χ1v) is 13.2. The molecule has 0 spiro atoms. The van der Waals surface area contributed by atoms with Crippen molar-refractivity contribution in [2.75, 3.05) is 25.0 Å². The molecule has 1 aliphatic rings. The number of benzene rings is 3. The normalized spacial score (nSPS) is 15.0. The number of nitrogens with zero attached hydrogens (tertiary/aromatic N) is 3. The fourth-order valence-corrected chi connectivity index (χ4v) is 5.48. The van der Waals surface area contributed by atoms with Crippen molar-refractivity contribution in [2.24, 2.45) is 5.92 Å². The lowest BCUT2D eigenvalue weighted by atomic mass is 9.89. The highest BCUT2D eigenvalue weighted by atomic mass is 16.2. The molecule has 3 aromatic carbocycles. The Morgan fingerprint density at radius 2 is 1.75 bits per heavy atom. The molecule has 0 aliphatic carbocycles. The first-order chi connectivity index (χ1) is 17.4. The van der Waals surface area contributed by atoms with E-state index in [4.69, 9.17) is 0 Å². The highest BCUT2D eigenvalue weighted by Crippen LogP contribution is 2.31. The van der Waals surface area contributed by atoms with Gasteiger partial charge in [-0.05, 0) is 97.9 Å². The van der Waals surface area contributed by atoms with E-state index in [9.17, 15) is 4.79 Å². The number of fused-ring (bicyclic) bond motifs is 1. The van der Waals surface area contributed by atoms with Crippen molar-refractivity contribution in [2.45, 2.75) is 46.1 Å². The van der Waals surface area contributed by atoms with E-state index in [1.165, 1.54) is 33.3 Å². The van der Waals surface area contributed by atoms with E-state index >= 15 is 0 Å². The Morgan fingerprint density at radius 3 is 2.50 bits per heavy atom. The maximum atomic E-state index is 12.4. The first kappa shape index (κ1) is 24.3. The summed E-state index contributed by atoms with van der Waals surface area (Å²) in [6.07, 6.45) is 4.48. The van der Waals surface area contributed by atoms with Crippen molar-refractivity contribution in [3.8, 4) is 5.69 Å². The van der Waals surface area contributed by atoms with Crippen LogP contribution in [0.3, 0.4) is 0 Å². The summed E-state index contributed by atoms with van der Waals surface area (Å²) < 4.78 is 2.28. The summed E-state index contributed by atoms with van der Waals surface area (Å²) in [5.41, 5.74) is 7.47. The molecule has 4 heteroatoms. The third kappa shape index (κ3) is 5.10. The van der Waals surface area contributed by atoms with E-state index in [2.05, 4.69) is 89.3 Å². The van der Waals surface area contributed by atoms with Gasteiger partial charge in [-0.15, -0.1) is 0 Å². The Hall–Kier alpha value is -3.37. The maximum Gasteiger partial charge on any atom is 0.229 e. The molecule has 0 unspecified atom stereocenters. The van der Waals surface area contributed by atoms with Crippen LogP contribution >= 0.6 is 0 Å². The van der Waals surface area contributed by atoms with Crippen LogP contribution in [0.1, 0.15) is 49.3 Å². The van der Waals surface area contributed by atoms with Crippen molar-refractivity contribution in [1.82, 2.24) is 9.47 Å². The lowest BCUT2D eigenvalue weighted by molar-refractivity contribution is -0.121. The Balaban J connectivity index is 1.23.